The molecule has 0 unspecified atom stereocenters. The monoisotopic (exact) mass is 176 g/mol. The van der Waals surface area contributed by atoms with Crippen LogP contribution >= 0.6 is 0 Å². The summed E-state index contributed by atoms with van der Waals surface area (Å²) in [7, 11) is 0. The smallest absolute Gasteiger partial charge is 0.139 e. The SMILES string of the molecule is CCO/N=[C]/c1ccccc1CC. The maximum atomic E-state index is 4.85. The summed E-state index contributed by atoms with van der Waals surface area (Å²) in [4.78, 5) is 4.85. The topological polar surface area (TPSA) is 21.6 Å². The Morgan fingerprint density at radius 1 is 1.31 bits per heavy atom. The molecule has 1 radical (unpaired) electrons. The highest BCUT2D eigenvalue weighted by molar-refractivity contribution is 5.81. The molecule has 0 bridgehead atoms. The Morgan fingerprint density at radius 2 is 2.08 bits per heavy atom. The van der Waals surface area contributed by atoms with Gasteiger partial charge < -0.3 is 4.84 Å². The molecule has 0 aromatic heterocycles. The van der Waals surface area contributed by atoms with Gasteiger partial charge in [-0.25, -0.2) is 0 Å². The molecule has 1 aromatic rings. The molecule has 0 atom stereocenters. The highest BCUT2D eigenvalue weighted by Crippen LogP contribution is 2.06. The van der Waals surface area contributed by atoms with Crippen LogP contribution in [0.15, 0.2) is 29.4 Å². The highest BCUT2D eigenvalue weighted by Gasteiger charge is 1.95. The van der Waals surface area contributed by atoms with Gasteiger partial charge in [-0.2, -0.15) is 0 Å². The van der Waals surface area contributed by atoms with Crippen LogP contribution in [0.4, 0.5) is 0 Å². The van der Waals surface area contributed by atoms with Crippen molar-refractivity contribution in [3.05, 3.63) is 35.4 Å². The van der Waals surface area contributed by atoms with Gasteiger partial charge in [-0.3, -0.25) is 0 Å². The summed E-state index contributed by atoms with van der Waals surface area (Å²) in [5.74, 6) is 0. The lowest BCUT2D eigenvalue weighted by atomic mass is 10.1. The van der Waals surface area contributed by atoms with Crippen LogP contribution in [0.5, 0.6) is 0 Å². The molecular formula is C11H14NO. The molecule has 2 heteroatoms. The molecule has 0 N–H and O–H groups in total. The third kappa shape index (κ3) is 2.90. The zero-order chi connectivity index (χ0) is 9.52. The Hall–Kier alpha value is -1.31. The van der Waals surface area contributed by atoms with Gasteiger partial charge in [-0.05, 0) is 18.9 Å². The van der Waals surface area contributed by atoms with Crippen LogP contribution in [0.3, 0.4) is 0 Å². The maximum absolute atomic E-state index is 4.85. The first-order chi connectivity index (χ1) is 6.38. The molecule has 0 saturated carbocycles. The van der Waals surface area contributed by atoms with Gasteiger partial charge >= 0.3 is 0 Å². The first kappa shape index (κ1) is 9.78. The molecule has 0 saturated heterocycles. The molecule has 0 amide bonds. The quantitative estimate of drug-likeness (QED) is 0.510. The van der Waals surface area contributed by atoms with E-state index in [4.69, 9.17) is 4.84 Å². The Morgan fingerprint density at radius 3 is 2.77 bits per heavy atom. The predicted molar refractivity (Wildman–Crippen MR) is 54.0 cm³/mol. The van der Waals surface area contributed by atoms with E-state index in [0.29, 0.717) is 6.61 Å². The molecule has 0 aliphatic heterocycles. The van der Waals surface area contributed by atoms with E-state index in [0.717, 1.165) is 12.0 Å². The van der Waals surface area contributed by atoms with Crippen molar-refractivity contribution in [2.75, 3.05) is 6.61 Å². The summed E-state index contributed by atoms with van der Waals surface area (Å²) >= 11 is 0. The molecule has 0 heterocycles. The summed E-state index contributed by atoms with van der Waals surface area (Å²) in [6.07, 6.45) is 3.86. The van der Waals surface area contributed by atoms with E-state index in [-0.39, 0.29) is 0 Å². The minimum atomic E-state index is 0.585. The Labute approximate surface area is 79.2 Å². The van der Waals surface area contributed by atoms with E-state index in [2.05, 4.69) is 24.4 Å². The standard InChI is InChI=1S/C11H14NO/c1-3-10-7-5-6-8-11(10)9-12-13-4-2/h5-8H,3-4H2,1-2H3. The zero-order valence-corrected chi connectivity index (χ0v) is 8.08. The van der Waals surface area contributed by atoms with Crippen molar-refractivity contribution in [2.45, 2.75) is 20.3 Å². The fourth-order valence-electron chi connectivity index (χ4n) is 1.08. The molecule has 1 aromatic carbocycles. The lowest BCUT2D eigenvalue weighted by Gasteiger charge is -1.99. The second-order valence-electron chi connectivity index (χ2n) is 2.63. The first-order valence-electron chi connectivity index (χ1n) is 4.54. The third-order valence-corrected chi connectivity index (χ3v) is 1.76. The van der Waals surface area contributed by atoms with Crippen LogP contribution in [0.2, 0.25) is 0 Å². The van der Waals surface area contributed by atoms with Gasteiger partial charge in [-0.15, -0.1) is 0 Å². The van der Waals surface area contributed by atoms with Crippen LogP contribution in [0.25, 0.3) is 0 Å². The second-order valence-corrected chi connectivity index (χ2v) is 2.63. The summed E-state index contributed by atoms with van der Waals surface area (Å²) in [5, 5.41) is 3.72. The molecule has 0 aliphatic carbocycles. The van der Waals surface area contributed by atoms with Gasteiger partial charge in [-0.1, -0.05) is 36.3 Å². The lowest BCUT2D eigenvalue weighted by molar-refractivity contribution is 0.160. The highest BCUT2D eigenvalue weighted by atomic mass is 16.6. The number of benzene rings is 1. The number of rotatable bonds is 4. The van der Waals surface area contributed by atoms with Gasteiger partial charge in [0.25, 0.3) is 0 Å². The average molecular weight is 176 g/mol. The lowest BCUT2D eigenvalue weighted by Crippen LogP contribution is -1.91. The van der Waals surface area contributed by atoms with Crippen molar-refractivity contribution in [1.29, 1.82) is 0 Å². The third-order valence-electron chi connectivity index (χ3n) is 1.76. The van der Waals surface area contributed by atoms with E-state index >= 15 is 0 Å². The van der Waals surface area contributed by atoms with Gasteiger partial charge in [0, 0.05) is 5.56 Å². The van der Waals surface area contributed by atoms with Gasteiger partial charge in [0.2, 0.25) is 0 Å². The Bertz CT molecular complexity index is 281. The largest absolute Gasteiger partial charge is 0.396 e. The minimum Gasteiger partial charge on any atom is -0.396 e. The first-order valence-corrected chi connectivity index (χ1v) is 4.54. The minimum absolute atomic E-state index is 0.585. The van der Waals surface area contributed by atoms with Gasteiger partial charge in [0.15, 0.2) is 0 Å². The molecule has 69 valence electrons. The molecule has 13 heavy (non-hydrogen) atoms. The van der Waals surface area contributed by atoms with Crippen molar-refractivity contribution >= 4 is 6.21 Å². The van der Waals surface area contributed by atoms with Crippen molar-refractivity contribution in [1.82, 2.24) is 0 Å². The van der Waals surface area contributed by atoms with Crippen LogP contribution in [0.1, 0.15) is 25.0 Å². The van der Waals surface area contributed by atoms with Crippen molar-refractivity contribution in [3.8, 4) is 0 Å². The number of hydrogen-bond donors (Lipinski definition) is 0. The Balaban J connectivity index is 2.74. The van der Waals surface area contributed by atoms with Crippen molar-refractivity contribution < 1.29 is 4.84 Å². The van der Waals surface area contributed by atoms with Crippen LogP contribution in [-0.4, -0.2) is 12.8 Å². The Kier molecular flexibility index (Phi) is 4.03. The fraction of sp³-hybridized carbons (Fsp3) is 0.364. The second kappa shape index (κ2) is 5.36. The van der Waals surface area contributed by atoms with E-state index in [9.17, 15) is 0 Å². The van der Waals surface area contributed by atoms with Gasteiger partial charge in [0.05, 0.1) is 0 Å². The molecule has 0 fully saturated rings. The molecule has 0 spiro atoms. The molecular weight excluding hydrogens is 162 g/mol. The van der Waals surface area contributed by atoms with Crippen LogP contribution in [-0.2, 0) is 11.3 Å². The summed E-state index contributed by atoms with van der Waals surface area (Å²) < 4.78 is 0. The average Bonchev–Trinajstić information content (AvgIpc) is 2.19. The van der Waals surface area contributed by atoms with E-state index in [1.165, 1.54) is 5.56 Å². The molecule has 0 aliphatic rings. The number of hydrogen-bond acceptors (Lipinski definition) is 2. The molecule has 1 rings (SSSR count). The molecule has 2 nitrogen and oxygen atoms in total. The van der Waals surface area contributed by atoms with Gasteiger partial charge in [0.1, 0.15) is 12.8 Å². The maximum Gasteiger partial charge on any atom is 0.139 e. The normalized spacial score (nSPS) is 10.6. The van der Waals surface area contributed by atoms with Crippen LogP contribution in [0, 0.1) is 0 Å². The summed E-state index contributed by atoms with van der Waals surface area (Å²) in [5.41, 5.74) is 2.25. The zero-order valence-electron chi connectivity index (χ0n) is 8.08. The predicted octanol–water partition coefficient (Wildman–Crippen LogP) is 2.50. The van der Waals surface area contributed by atoms with E-state index in [1.54, 1.807) is 0 Å². The summed E-state index contributed by atoms with van der Waals surface area (Å²) in [6.45, 7) is 4.60. The van der Waals surface area contributed by atoms with Crippen LogP contribution < -0.4 is 0 Å². The van der Waals surface area contributed by atoms with E-state index in [1.807, 2.05) is 25.1 Å². The number of aryl methyl sites for hydroxylation is 1. The fourth-order valence-corrected chi connectivity index (χ4v) is 1.08. The summed E-state index contributed by atoms with van der Waals surface area (Å²) in [6, 6.07) is 8.05. The van der Waals surface area contributed by atoms with Crippen molar-refractivity contribution in [3.63, 3.8) is 0 Å². The van der Waals surface area contributed by atoms with E-state index < -0.39 is 0 Å². The van der Waals surface area contributed by atoms with Crippen molar-refractivity contribution in [2.24, 2.45) is 5.16 Å². The number of nitrogens with zero attached hydrogens (tertiary/aromatic N) is 1.